The van der Waals surface area contributed by atoms with Crippen molar-refractivity contribution >= 4 is 27.3 Å². The number of methoxy groups -OCH3 is 1. The Morgan fingerprint density at radius 3 is 2.79 bits per heavy atom. The van der Waals surface area contributed by atoms with Gasteiger partial charge in [-0.05, 0) is 33.9 Å². The molecule has 108 valence electrons. The van der Waals surface area contributed by atoms with Crippen LogP contribution < -0.4 is 5.32 Å². The largest absolute Gasteiger partial charge is 0.381 e. The topological polar surface area (TPSA) is 30.5 Å². The first kappa shape index (κ1) is 15.4. The Balaban J connectivity index is 2.15. The number of nitrogens with one attached hydrogen (secondary N) is 1. The van der Waals surface area contributed by atoms with Gasteiger partial charge in [-0.15, -0.1) is 11.3 Å². The van der Waals surface area contributed by atoms with Crippen LogP contribution in [0.15, 0.2) is 15.9 Å². The standard InChI is InChI=1S/C14H22BrNO2S/c1-3-16-13(10-12-11(15)4-9-19-12)14(17-2)5-7-18-8-6-14/h4,9,13,16H,3,5-8,10H2,1-2H3. The fraction of sp³-hybridized carbons (Fsp3) is 0.714. The Morgan fingerprint density at radius 2 is 2.26 bits per heavy atom. The van der Waals surface area contributed by atoms with Crippen molar-refractivity contribution in [2.45, 2.75) is 37.8 Å². The molecular weight excluding hydrogens is 326 g/mol. The third kappa shape index (κ3) is 3.58. The number of thiophene rings is 1. The minimum atomic E-state index is -0.0995. The third-order valence-corrected chi connectivity index (χ3v) is 5.86. The van der Waals surface area contributed by atoms with E-state index < -0.39 is 0 Å². The molecule has 1 aromatic rings. The minimum absolute atomic E-state index is 0.0995. The highest BCUT2D eigenvalue weighted by atomic mass is 79.9. The normalized spacial score (nSPS) is 20.4. The summed E-state index contributed by atoms with van der Waals surface area (Å²) in [6.07, 6.45) is 2.92. The van der Waals surface area contributed by atoms with Crippen molar-refractivity contribution in [3.63, 3.8) is 0 Å². The number of hydrogen-bond acceptors (Lipinski definition) is 4. The molecule has 0 aliphatic carbocycles. The molecule has 0 amide bonds. The molecule has 1 atom stereocenters. The summed E-state index contributed by atoms with van der Waals surface area (Å²) in [7, 11) is 1.83. The van der Waals surface area contributed by atoms with Gasteiger partial charge in [-0.2, -0.15) is 0 Å². The lowest BCUT2D eigenvalue weighted by atomic mass is 9.83. The van der Waals surface area contributed by atoms with Crippen molar-refractivity contribution in [1.82, 2.24) is 5.32 Å². The molecule has 1 unspecified atom stereocenters. The molecule has 1 aliphatic rings. The lowest BCUT2D eigenvalue weighted by Crippen LogP contribution is -2.56. The number of ether oxygens (including phenoxy) is 2. The van der Waals surface area contributed by atoms with Gasteiger partial charge in [-0.1, -0.05) is 6.92 Å². The van der Waals surface area contributed by atoms with Crippen molar-refractivity contribution < 1.29 is 9.47 Å². The van der Waals surface area contributed by atoms with Gasteiger partial charge in [0, 0.05) is 55.0 Å². The van der Waals surface area contributed by atoms with Crippen LogP contribution in [0.25, 0.3) is 0 Å². The maximum atomic E-state index is 5.93. The number of hydrogen-bond donors (Lipinski definition) is 1. The van der Waals surface area contributed by atoms with Crippen LogP contribution in [0, 0.1) is 0 Å². The first-order valence-corrected chi connectivity index (χ1v) is 8.47. The summed E-state index contributed by atoms with van der Waals surface area (Å²) >= 11 is 5.43. The van der Waals surface area contributed by atoms with Gasteiger partial charge in [0.25, 0.3) is 0 Å². The highest BCUT2D eigenvalue weighted by Crippen LogP contribution is 2.33. The van der Waals surface area contributed by atoms with E-state index in [2.05, 4.69) is 39.6 Å². The van der Waals surface area contributed by atoms with Crippen LogP contribution in [0.5, 0.6) is 0 Å². The highest BCUT2D eigenvalue weighted by Gasteiger charge is 2.40. The molecule has 1 saturated heterocycles. The summed E-state index contributed by atoms with van der Waals surface area (Å²) in [6.45, 7) is 4.70. The lowest BCUT2D eigenvalue weighted by molar-refractivity contribution is -0.110. The smallest absolute Gasteiger partial charge is 0.0878 e. The zero-order valence-corrected chi connectivity index (χ0v) is 14.0. The monoisotopic (exact) mass is 347 g/mol. The second-order valence-electron chi connectivity index (χ2n) is 4.89. The first-order valence-electron chi connectivity index (χ1n) is 6.80. The SMILES string of the molecule is CCNC(Cc1sccc1Br)C1(OC)CCOCC1. The minimum Gasteiger partial charge on any atom is -0.381 e. The Kier molecular flexibility index (Phi) is 5.84. The molecule has 0 spiro atoms. The third-order valence-electron chi connectivity index (χ3n) is 3.91. The molecule has 1 aliphatic heterocycles. The average Bonchev–Trinajstić information content (AvgIpc) is 2.84. The van der Waals surface area contributed by atoms with Crippen LogP contribution in [-0.2, 0) is 15.9 Å². The summed E-state index contributed by atoms with van der Waals surface area (Å²) < 4.78 is 12.6. The van der Waals surface area contributed by atoms with Crippen LogP contribution in [0.1, 0.15) is 24.6 Å². The summed E-state index contributed by atoms with van der Waals surface area (Å²) in [6, 6.07) is 2.45. The van der Waals surface area contributed by atoms with Crippen molar-refractivity contribution in [1.29, 1.82) is 0 Å². The summed E-state index contributed by atoms with van der Waals surface area (Å²) in [5, 5.41) is 5.75. The predicted molar refractivity (Wildman–Crippen MR) is 83.0 cm³/mol. The second kappa shape index (κ2) is 7.18. The van der Waals surface area contributed by atoms with Gasteiger partial charge in [-0.3, -0.25) is 0 Å². The van der Waals surface area contributed by atoms with E-state index in [1.54, 1.807) is 11.3 Å². The molecule has 0 bridgehead atoms. The van der Waals surface area contributed by atoms with Gasteiger partial charge < -0.3 is 14.8 Å². The molecular formula is C14H22BrNO2S. The fourth-order valence-electron chi connectivity index (χ4n) is 2.76. The van der Waals surface area contributed by atoms with E-state index >= 15 is 0 Å². The van der Waals surface area contributed by atoms with Crippen LogP contribution in [0.4, 0.5) is 0 Å². The average molecular weight is 348 g/mol. The molecule has 0 aromatic carbocycles. The van der Waals surface area contributed by atoms with Crippen LogP contribution in [-0.4, -0.2) is 38.5 Å². The van der Waals surface area contributed by atoms with E-state index in [1.807, 2.05) is 7.11 Å². The second-order valence-corrected chi connectivity index (χ2v) is 6.74. The lowest BCUT2D eigenvalue weighted by Gasteiger charge is -2.42. The summed E-state index contributed by atoms with van der Waals surface area (Å²) in [5.74, 6) is 0. The maximum absolute atomic E-state index is 5.93. The van der Waals surface area contributed by atoms with Gasteiger partial charge in [-0.25, -0.2) is 0 Å². The number of halogens is 1. The highest BCUT2D eigenvalue weighted by molar-refractivity contribution is 9.10. The van der Waals surface area contributed by atoms with Crippen molar-refractivity contribution in [2.75, 3.05) is 26.9 Å². The maximum Gasteiger partial charge on any atom is 0.0878 e. The molecule has 1 aromatic heterocycles. The zero-order chi connectivity index (χ0) is 13.7. The predicted octanol–water partition coefficient (Wildman–Crippen LogP) is 3.23. The van der Waals surface area contributed by atoms with Crippen molar-refractivity contribution in [3.8, 4) is 0 Å². The van der Waals surface area contributed by atoms with Crippen molar-refractivity contribution in [2.24, 2.45) is 0 Å². The molecule has 0 saturated carbocycles. The van der Waals surface area contributed by atoms with Gasteiger partial charge in [0.1, 0.15) is 0 Å². The van der Waals surface area contributed by atoms with E-state index in [0.29, 0.717) is 6.04 Å². The molecule has 3 nitrogen and oxygen atoms in total. The molecule has 2 rings (SSSR count). The molecule has 19 heavy (non-hydrogen) atoms. The quantitative estimate of drug-likeness (QED) is 0.856. The van der Waals surface area contributed by atoms with Crippen LogP contribution >= 0.6 is 27.3 Å². The van der Waals surface area contributed by atoms with Gasteiger partial charge in [0.05, 0.1) is 5.60 Å². The van der Waals surface area contributed by atoms with Gasteiger partial charge in [0.2, 0.25) is 0 Å². The molecule has 1 N–H and O–H groups in total. The Bertz CT molecular complexity index is 391. The summed E-state index contributed by atoms with van der Waals surface area (Å²) in [5.41, 5.74) is -0.0995. The molecule has 2 heterocycles. The number of rotatable bonds is 6. The summed E-state index contributed by atoms with van der Waals surface area (Å²) in [4.78, 5) is 1.38. The number of likely N-dealkylation sites (N-methyl/N-ethyl adjacent to an activating group) is 1. The van der Waals surface area contributed by atoms with E-state index in [9.17, 15) is 0 Å². The van der Waals surface area contributed by atoms with Gasteiger partial charge in [0.15, 0.2) is 0 Å². The zero-order valence-electron chi connectivity index (χ0n) is 11.6. The molecule has 0 radical (unpaired) electrons. The van der Waals surface area contributed by atoms with E-state index in [4.69, 9.17) is 9.47 Å². The van der Waals surface area contributed by atoms with E-state index in [1.165, 1.54) is 9.35 Å². The van der Waals surface area contributed by atoms with Crippen molar-refractivity contribution in [3.05, 3.63) is 20.8 Å². The van der Waals surface area contributed by atoms with Crippen LogP contribution in [0.3, 0.4) is 0 Å². The Labute approximate surface area is 127 Å². The van der Waals surface area contributed by atoms with E-state index in [0.717, 1.165) is 39.0 Å². The molecule has 5 heteroatoms. The Morgan fingerprint density at radius 1 is 1.53 bits per heavy atom. The molecule has 1 fully saturated rings. The van der Waals surface area contributed by atoms with Crippen LogP contribution in [0.2, 0.25) is 0 Å². The fourth-order valence-corrected chi connectivity index (χ4v) is 4.32. The first-order chi connectivity index (χ1) is 9.22. The van der Waals surface area contributed by atoms with Gasteiger partial charge >= 0.3 is 0 Å². The Hall–Kier alpha value is 0.0600. The van der Waals surface area contributed by atoms with E-state index in [-0.39, 0.29) is 5.60 Å².